The maximum Gasteiger partial charge on any atom is 0.284 e. The summed E-state index contributed by atoms with van der Waals surface area (Å²) >= 11 is 6.12. The Bertz CT molecular complexity index is 1690. The van der Waals surface area contributed by atoms with Gasteiger partial charge in [-0.15, -0.1) is 0 Å². The highest BCUT2D eigenvalue weighted by Gasteiger charge is 2.19. The summed E-state index contributed by atoms with van der Waals surface area (Å²) < 4.78 is 1.60. The van der Waals surface area contributed by atoms with Gasteiger partial charge in [0, 0.05) is 16.1 Å². The number of fused-ring (bicyclic) bond motifs is 1. The third-order valence-electron chi connectivity index (χ3n) is 5.97. The maximum absolute atomic E-state index is 13.8. The normalized spacial score (nSPS) is 11.1. The van der Waals surface area contributed by atoms with Crippen molar-refractivity contribution < 1.29 is 0 Å². The van der Waals surface area contributed by atoms with Gasteiger partial charge in [0.25, 0.3) is 5.56 Å². The SMILES string of the molecule is O=c1c2[nH]nc(-c3ccccc3)c2nc(-c2ccc(-c3ccccc3)cc2)n1-c1ccc(Cl)cc1. The summed E-state index contributed by atoms with van der Waals surface area (Å²) in [5, 5.41) is 7.95. The molecule has 2 aromatic heterocycles. The number of nitrogens with one attached hydrogen (secondary N) is 1. The van der Waals surface area contributed by atoms with Crippen LogP contribution < -0.4 is 5.56 Å². The molecule has 0 bridgehead atoms. The smallest absolute Gasteiger partial charge is 0.270 e. The third-order valence-corrected chi connectivity index (χ3v) is 6.22. The maximum atomic E-state index is 13.8. The van der Waals surface area contributed by atoms with E-state index in [2.05, 4.69) is 22.3 Å². The lowest BCUT2D eigenvalue weighted by molar-refractivity contribution is 0.968. The molecule has 0 atom stereocenters. The van der Waals surface area contributed by atoms with Crippen LogP contribution in [-0.4, -0.2) is 19.7 Å². The largest absolute Gasteiger partial charge is 0.284 e. The molecule has 0 amide bonds. The zero-order chi connectivity index (χ0) is 23.8. The van der Waals surface area contributed by atoms with Crippen LogP contribution in [0, 0.1) is 0 Å². The highest BCUT2D eigenvalue weighted by Crippen LogP contribution is 2.29. The average Bonchev–Trinajstić information content (AvgIpc) is 3.35. The molecule has 0 aliphatic heterocycles. The second kappa shape index (κ2) is 8.70. The van der Waals surface area contributed by atoms with Gasteiger partial charge in [0.1, 0.15) is 17.0 Å². The van der Waals surface area contributed by atoms with E-state index >= 15 is 0 Å². The molecule has 0 fully saturated rings. The molecular formula is C29H19ClN4O. The third kappa shape index (κ3) is 3.82. The second-order valence-electron chi connectivity index (χ2n) is 8.16. The summed E-state index contributed by atoms with van der Waals surface area (Å²) in [6.07, 6.45) is 0. The van der Waals surface area contributed by atoms with Crippen molar-refractivity contribution >= 4 is 22.6 Å². The lowest BCUT2D eigenvalue weighted by Gasteiger charge is -2.13. The standard InChI is InChI=1S/C29H19ClN4O/c30-23-15-17-24(18-16-23)34-28(22-13-11-20(12-14-22)19-7-3-1-4-8-19)31-26-25(21-9-5-2-6-10-21)32-33-27(26)29(34)35/h1-18H,(H,32,33). The molecule has 0 saturated carbocycles. The number of nitrogens with zero attached hydrogens (tertiary/aromatic N) is 3. The summed E-state index contributed by atoms with van der Waals surface area (Å²) in [5.74, 6) is 0.531. The number of halogens is 1. The molecule has 0 radical (unpaired) electrons. The van der Waals surface area contributed by atoms with Crippen LogP contribution in [0.4, 0.5) is 0 Å². The number of rotatable bonds is 4. The van der Waals surface area contributed by atoms with Crippen molar-refractivity contribution in [1.82, 2.24) is 19.7 Å². The Morgan fingerprint density at radius 2 is 1.23 bits per heavy atom. The van der Waals surface area contributed by atoms with E-state index in [1.807, 2.05) is 84.9 Å². The van der Waals surface area contributed by atoms with Gasteiger partial charge >= 0.3 is 0 Å². The van der Waals surface area contributed by atoms with Crippen LogP contribution in [0.3, 0.4) is 0 Å². The molecule has 0 aliphatic rings. The highest BCUT2D eigenvalue weighted by molar-refractivity contribution is 6.30. The molecule has 0 saturated heterocycles. The van der Waals surface area contributed by atoms with E-state index in [1.54, 1.807) is 16.7 Å². The van der Waals surface area contributed by atoms with Crippen LogP contribution in [0.5, 0.6) is 0 Å². The predicted molar refractivity (Wildman–Crippen MR) is 141 cm³/mol. The summed E-state index contributed by atoms with van der Waals surface area (Å²) in [4.78, 5) is 18.7. The Labute approximate surface area is 206 Å². The van der Waals surface area contributed by atoms with E-state index in [1.165, 1.54) is 0 Å². The van der Waals surface area contributed by atoms with Crippen molar-refractivity contribution in [2.24, 2.45) is 0 Å². The van der Waals surface area contributed by atoms with Gasteiger partial charge in [-0.05, 0) is 35.4 Å². The van der Waals surface area contributed by atoms with Crippen LogP contribution >= 0.6 is 11.6 Å². The molecule has 6 rings (SSSR count). The number of aromatic nitrogens is 4. The number of hydrogen-bond acceptors (Lipinski definition) is 3. The van der Waals surface area contributed by atoms with Gasteiger partial charge < -0.3 is 0 Å². The molecule has 2 heterocycles. The first kappa shape index (κ1) is 21.1. The van der Waals surface area contributed by atoms with Crippen molar-refractivity contribution in [3.8, 4) is 39.5 Å². The lowest BCUT2D eigenvalue weighted by atomic mass is 10.0. The lowest BCUT2D eigenvalue weighted by Crippen LogP contribution is -2.22. The monoisotopic (exact) mass is 474 g/mol. The minimum absolute atomic E-state index is 0.228. The van der Waals surface area contributed by atoms with E-state index in [-0.39, 0.29) is 5.56 Å². The Balaban J connectivity index is 1.59. The van der Waals surface area contributed by atoms with Crippen molar-refractivity contribution in [2.45, 2.75) is 0 Å². The molecule has 0 aliphatic carbocycles. The summed E-state index contributed by atoms with van der Waals surface area (Å²) in [6, 6.07) is 35.1. The van der Waals surface area contributed by atoms with Crippen molar-refractivity contribution in [1.29, 1.82) is 0 Å². The molecule has 0 unspecified atom stereocenters. The van der Waals surface area contributed by atoms with Crippen molar-refractivity contribution in [3.05, 3.63) is 125 Å². The molecule has 0 spiro atoms. The summed E-state index contributed by atoms with van der Waals surface area (Å²) in [6.45, 7) is 0. The van der Waals surface area contributed by atoms with Gasteiger partial charge in [-0.3, -0.25) is 14.5 Å². The van der Waals surface area contributed by atoms with Crippen molar-refractivity contribution in [3.63, 3.8) is 0 Å². The van der Waals surface area contributed by atoms with Gasteiger partial charge in [0.15, 0.2) is 5.52 Å². The first-order valence-corrected chi connectivity index (χ1v) is 11.6. The summed E-state index contributed by atoms with van der Waals surface area (Å²) in [7, 11) is 0. The summed E-state index contributed by atoms with van der Waals surface area (Å²) in [5.41, 5.74) is 5.89. The van der Waals surface area contributed by atoms with E-state index < -0.39 is 0 Å². The van der Waals surface area contributed by atoms with Gasteiger partial charge in [-0.25, -0.2) is 4.98 Å². The predicted octanol–water partition coefficient (Wildman–Crippen LogP) is 6.76. The molecule has 6 heteroatoms. The van der Waals surface area contributed by atoms with Gasteiger partial charge in [0.05, 0.1) is 5.69 Å². The Morgan fingerprint density at radius 3 is 1.89 bits per heavy atom. The second-order valence-corrected chi connectivity index (χ2v) is 8.59. The van der Waals surface area contributed by atoms with Crippen LogP contribution in [0.25, 0.3) is 50.5 Å². The van der Waals surface area contributed by atoms with Crippen LogP contribution in [0.2, 0.25) is 5.02 Å². The molecule has 1 N–H and O–H groups in total. The minimum atomic E-state index is -0.228. The van der Waals surface area contributed by atoms with E-state index in [0.29, 0.717) is 33.3 Å². The zero-order valence-electron chi connectivity index (χ0n) is 18.5. The quantitative estimate of drug-likeness (QED) is 0.307. The molecular weight excluding hydrogens is 456 g/mol. The van der Waals surface area contributed by atoms with Crippen LogP contribution in [-0.2, 0) is 0 Å². The Kier molecular flexibility index (Phi) is 5.24. The van der Waals surface area contributed by atoms with Crippen molar-refractivity contribution in [2.75, 3.05) is 0 Å². The fourth-order valence-electron chi connectivity index (χ4n) is 4.22. The number of H-pyrrole nitrogens is 1. The van der Waals surface area contributed by atoms with Gasteiger partial charge in [-0.2, -0.15) is 5.10 Å². The number of hydrogen-bond donors (Lipinski definition) is 1. The number of aromatic amines is 1. The minimum Gasteiger partial charge on any atom is -0.270 e. The average molecular weight is 475 g/mol. The van der Waals surface area contributed by atoms with E-state index in [4.69, 9.17) is 16.6 Å². The first-order chi connectivity index (χ1) is 17.2. The number of benzene rings is 4. The molecule has 35 heavy (non-hydrogen) atoms. The Hall–Kier alpha value is -4.48. The molecule has 5 nitrogen and oxygen atoms in total. The van der Waals surface area contributed by atoms with Gasteiger partial charge in [0.2, 0.25) is 0 Å². The Morgan fingerprint density at radius 1 is 0.657 bits per heavy atom. The highest BCUT2D eigenvalue weighted by atomic mass is 35.5. The van der Waals surface area contributed by atoms with E-state index in [0.717, 1.165) is 22.3 Å². The fraction of sp³-hybridized carbons (Fsp3) is 0. The molecule has 6 aromatic rings. The topological polar surface area (TPSA) is 63.6 Å². The zero-order valence-corrected chi connectivity index (χ0v) is 19.3. The van der Waals surface area contributed by atoms with Gasteiger partial charge in [-0.1, -0.05) is 96.5 Å². The van der Waals surface area contributed by atoms with E-state index in [9.17, 15) is 4.79 Å². The molecule has 4 aromatic carbocycles. The first-order valence-electron chi connectivity index (χ1n) is 11.2. The fourth-order valence-corrected chi connectivity index (χ4v) is 4.35. The van der Waals surface area contributed by atoms with Crippen LogP contribution in [0.1, 0.15) is 0 Å². The molecule has 168 valence electrons. The van der Waals surface area contributed by atoms with Crippen LogP contribution in [0.15, 0.2) is 114 Å².